The van der Waals surface area contributed by atoms with Crippen LogP contribution in [0.3, 0.4) is 0 Å². The number of ether oxygens (including phenoxy) is 2. The van der Waals surface area contributed by atoms with Crippen molar-refractivity contribution in [1.29, 1.82) is 0 Å². The van der Waals surface area contributed by atoms with Crippen LogP contribution in [0, 0.1) is 0 Å². The van der Waals surface area contributed by atoms with E-state index in [1.807, 2.05) is 12.1 Å². The summed E-state index contributed by atoms with van der Waals surface area (Å²) in [6.45, 7) is 6.65. The van der Waals surface area contributed by atoms with Crippen molar-refractivity contribution in [2.24, 2.45) is 0 Å². The van der Waals surface area contributed by atoms with Crippen LogP contribution in [-0.4, -0.2) is 18.7 Å². The van der Waals surface area contributed by atoms with Crippen LogP contribution in [0.1, 0.15) is 33.6 Å². The Bertz CT molecular complexity index is 859. The molecule has 0 saturated heterocycles. The summed E-state index contributed by atoms with van der Waals surface area (Å²) in [6, 6.07) is 5.31. The van der Waals surface area contributed by atoms with Gasteiger partial charge in [-0.05, 0) is 57.9 Å². The van der Waals surface area contributed by atoms with Crippen molar-refractivity contribution >= 4 is 16.6 Å². The highest BCUT2D eigenvalue weighted by Gasteiger charge is 2.14. The number of fused-ring (bicyclic) bond motifs is 1. The van der Waals surface area contributed by atoms with Crippen LogP contribution in [0.25, 0.3) is 10.9 Å². The highest BCUT2D eigenvalue weighted by molar-refractivity contribution is 5.89. The first-order valence-corrected chi connectivity index (χ1v) is 8.33. The van der Waals surface area contributed by atoms with E-state index in [2.05, 4.69) is 31.8 Å². The van der Waals surface area contributed by atoms with Crippen molar-refractivity contribution in [3.63, 3.8) is 0 Å². The van der Waals surface area contributed by atoms with Gasteiger partial charge in [-0.25, -0.2) is 0 Å². The number of nitrogens with one attached hydrogen (secondary N) is 1. The normalized spacial score (nSPS) is 11.4. The molecule has 1 aromatic heterocycles. The average Bonchev–Trinajstić information content (AvgIpc) is 2.54. The molecule has 5 nitrogen and oxygen atoms in total. The fraction of sp³-hybridized carbons (Fsp3) is 0.350. The van der Waals surface area contributed by atoms with Crippen molar-refractivity contribution in [3.8, 4) is 11.5 Å². The second-order valence-electron chi connectivity index (χ2n) is 6.30. The third-order valence-corrected chi connectivity index (χ3v) is 3.90. The van der Waals surface area contributed by atoms with Crippen LogP contribution in [0.4, 0.5) is 5.69 Å². The fourth-order valence-electron chi connectivity index (χ4n) is 2.55. The number of methoxy groups -OCH3 is 1. The molecule has 25 heavy (non-hydrogen) atoms. The van der Waals surface area contributed by atoms with Crippen LogP contribution >= 0.6 is 0 Å². The Kier molecular flexibility index (Phi) is 6.28. The van der Waals surface area contributed by atoms with Crippen LogP contribution in [-0.2, 0) is 0 Å². The summed E-state index contributed by atoms with van der Waals surface area (Å²) >= 11 is 0. The van der Waals surface area contributed by atoms with Gasteiger partial charge in [-0.15, -0.1) is 0 Å². The topological polar surface area (TPSA) is 77.3 Å². The van der Waals surface area contributed by atoms with E-state index < -0.39 is 0 Å². The number of allylic oxidation sites excluding steroid dienone is 3. The summed E-state index contributed by atoms with van der Waals surface area (Å²) in [7, 11) is 1.46. The Labute approximate surface area is 148 Å². The van der Waals surface area contributed by atoms with Gasteiger partial charge in [0.2, 0.25) is 5.75 Å². The molecule has 0 fully saturated rings. The van der Waals surface area contributed by atoms with Crippen LogP contribution < -0.4 is 20.8 Å². The number of aromatic amines is 1. The van der Waals surface area contributed by atoms with E-state index in [1.165, 1.54) is 18.3 Å². The Morgan fingerprint density at radius 2 is 1.96 bits per heavy atom. The number of hydrogen-bond donors (Lipinski definition) is 2. The first kappa shape index (κ1) is 18.6. The zero-order chi connectivity index (χ0) is 18.4. The number of rotatable bonds is 7. The largest absolute Gasteiger partial charge is 0.488 e. The minimum absolute atomic E-state index is 0.174. The third kappa shape index (κ3) is 4.89. The average molecular weight is 342 g/mol. The number of hydrogen-bond acceptors (Lipinski definition) is 4. The lowest BCUT2D eigenvalue weighted by atomic mass is 10.1. The van der Waals surface area contributed by atoms with E-state index in [1.54, 1.807) is 12.1 Å². The molecule has 0 amide bonds. The predicted molar refractivity (Wildman–Crippen MR) is 103 cm³/mol. The van der Waals surface area contributed by atoms with Crippen LogP contribution in [0.2, 0.25) is 0 Å². The summed E-state index contributed by atoms with van der Waals surface area (Å²) < 4.78 is 11.1. The summed E-state index contributed by atoms with van der Waals surface area (Å²) in [4.78, 5) is 14.9. The maximum atomic E-state index is 12.2. The molecule has 2 rings (SSSR count). The molecule has 0 atom stereocenters. The van der Waals surface area contributed by atoms with E-state index >= 15 is 0 Å². The van der Waals surface area contributed by atoms with Gasteiger partial charge in [-0.1, -0.05) is 17.2 Å². The highest BCUT2D eigenvalue weighted by atomic mass is 16.5. The van der Waals surface area contributed by atoms with E-state index in [4.69, 9.17) is 15.2 Å². The predicted octanol–water partition coefficient (Wildman–Crippen LogP) is 4.19. The van der Waals surface area contributed by atoms with E-state index in [9.17, 15) is 4.79 Å². The van der Waals surface area contributed by atoms with Gasteiger partial charge in [0.1, 0.15) is 6.61 Å². The molecule has 0 spiro atoms. The molecule has 134 valence electrons. The smallest absolute Gasteiger partial charge is 0.294 e. The fourth-order valence-corrected chi connectivity index (χ4v) is 2.55. The summed E-state index contributed by atoms with van der Waals surface area (Å²) in [5, 5.41) is 0.765. The minimum atomic E-state index is -0.333. The molecule has 5 heteroatoms. The van der Waals surface area contributed by atoms with Gasteiger partial charge in [0, 0.05) is 11.1 Å². The molecule has 0 aliphatic rings. The van der Waals surface area contributed by atoms with Gasteiger partial charge in [0.15, 0.2) is 5.75 Å². The molecule has 0 bridgehead atoms. The summed E-state index contributed by atoms with van der Waals surface area (Å²) in [5.74, 6) is 0.613. The van der Waals surface area contributed by atoms with Crippen molar-refractivity contribution in [1.82, 2.24) is 4.98 Å². The monoisotopic (exact) mass is 342 g/mol. The second kappa shape index (κ2) is 8.42. The molecular formula is C20H26N2O3. The van der Waals surface area contributed by atoms with Gasteiger partial charge in [0.25, 0.3) is 5.56 Å². The number of nitrogens with two attached hydrogens (primary N) is 1. The van der Waals surface area contributed by atoms with Crippen molar-refractivity contribution in [3.05, 3.63) is 51.9 Å². The molecule has 0 saturated carbocycles. The zero-order valence-electron chi connectivity index (χ0n) is 15.3. The van der Waals surface area contributed by atoms with Crippen molar-refractivity contribution in [2.45, 2.75) is 33.6 Å². The molecule has 0 aliphatic carbocycles. The highest BCUT2D eigenvalue weighted by Crippen LogP contribution is 2.32. The van der Waals surface area contributed by atoms with Crippen molar-refractivity contribution in [2.75, 3.05) is 19.5 Å². The number of H-pyrrole nitrogens is 1. The Balaban J connectivity index is 2.22. The van der Waals surface area contributed by atoms with Gasteiger partial charge in [-0.2, -0.15) is 0 Å². The second-order valence-corrected chi connectivity index (χ2v) is 6.30. The van der Waals surface area contributed by atoms with Gasteiger partial charge in [0.05, 0.1) is 12.6 Å². The Morgan fingerprint density at radius 3 is 2.64 bits per heavy atom. The van der Waals surface area contributed by atoms with Gasteiger partial charge >= 0.3 is 0 Å². The molecule has 3 N–H and O–H groups in total. The maximum Gasteiger partial charge on any atom is 0.294 e. The van der Waals surface area contributed by atoms with Crippen molar-refractivity contribution < 1.29 is 9.47 Å². The standard InChI is InChI=1S/C20H26N2O3/c1-13(2)6-5-7-14(3)10-11-25-18-16-9-8-15(21)12-17(16)22-20(23)19(18)24-4/h6,8-10,12H,5,7,11,21H2,1-4H3,(H,22,23)/b14-10+. The lowest BCUT2D eigenvalue weighted by molar-refractivity contribution is 0.326. The first-order chi connectivity index (χ1) is 11.9. The lowest BCUT2D eigenvalue weighted by Gasteiger charge is -2.12. The molecule has 1 heterocycles. The molecule has 2 aromatic rings. The molecule has 0 radical (unpaired) electrons. The van der Waals surface area contributed by atoms with E-state index in [-0.39, 0.29) is 11.3 Å². The van der Waals surface area contributed by atoms with Gasteiger partial charge < -0.3 is 20.2 Å². The van der Waals surface area contributed by atoms with E-state index in [0.717, 1.165) is 18.2 Å². The quantitative estimate of drug-likeness (QED) is 0.584. The minimum Gasteiger partial charge on any atom is -0.488 e. The Morgan fingerprint density at radius 1 is 1.20 bits per heavy atom. The number of aromatic nitrogens is 1. The lowest BCUT2D eigenvalue weighted by Crippen LogP contribution is -2.12. The summed E-state index contributed by atoms with van der Waals surface area (Å²) in [5.41, 5.74) is 9.24. The molecule has 0 unspecified atom stereocenters. The van der Waals surface area contributed by atoms with Gasteiger partial charge in [-0.3, -0.25) is 4.79 Å². The molecule has 1 aromatic carbocycles. The number of anilines is 1. The third-order valence-electron chi connectivity index (χ3n) is 3.90. The van der Waals surface area contributed by atoms with E-state index in [0.29, 0.717) is 23.6 Å². The Hall–Kier alpha value is -2.69. The number of benzene rings is 1. The molecule has 0 aliphatic heterocycles. The van der Waals surface area contributed by atoms with Crippen LogP contribution in [0.15, 0.2) is 46.3 Å². The molecular weight excluding hydrogens is 316 g/mol. The number of nitrogen functional groups attached to an aromatic ring is 1. The van der Waals surface area contributed by atoms with Crippen LogP contribution in [0.5, 0.6) is 11.5 Å². The number of pyridine rings is 1. The SMILES string of the molecule is COc1c(OC/C=C(\C)CCC=C(C)C)c2ccc(N)cc2[nH]c1=O. The maximum absolute atomic E-state index is 12.2. The zero-order valence-corrected chi connectivity index (χ0v) is 15.3. The first-order valence-electron chi connectivity index (χ1n) is 8.33. The summed E-state index contributed by atoms with van der Waals surface area (Å²) in [6.07, 6.45) is 6.25.